The zero-order chi connectivity index (χ0) is 23.0. The van der Waals surface area contributed by atoms with Gasteiger partial charge in [0.1, 0.15) is 17.6 Å². The van der Waals surface area contributed by atoms with Gasteiger partial charge in [-0.05, 0) is 66.6 Å². The van der Waals surface area contributed by atoms with E-state index in [1.165, 1.54) is 12.1 Å². The van der Waals surface area contributed by atoms with Crippen LogP contribution < -0.4 is 9.64 Å². The SMILES string of the molecule is COc1ccc(C2=NC(Cc3ccc(F)cc3Cl)C(=O)N(C)c3ccc(Cl)cc32)cc1C. The third-order valence-electron chi connectivity index (χ3n) is 5.57. The minimum Gasteiger partial charge on any atom is -0.496 e. The van der Waals surface area contributed by atoms with Crippen molar-refractivity contribution in [3.8, 4) is 5.75 Å². The molecule has 1 unspecified atom stereocenters. The van der Waals surface area contributed by atoms with E-state index in [1.54, 1.807) is 31.2 Å². The molecule has 164 valence electrons. The summed E-state index contributed by atoms with van der Waals surface area (Å²) in [5, 5.41) is 0.810. The number of amides is 1. The normalized spacial score (nSPS) is 15.8. The smallest absolute Gasteiger partial charge is 0.251 e. The van der Waals surface area contributed by atoms with Crippen molar-refractivity contribution in [1.82, 2.24) is 0 Å². The van der Waals surface area contributed by atoms with Gasteiger partial charge in [-0.15, -0.1) is 0 Å². The molecule has 4 rings (SSSR count). The molecule has 32 heavy (non-hydrogen) atoms. The lowest BCUT2D eigenvalue weighted by molar-refractivity contribution is -0.119. The van der Waals surface area contributed by atoms with Gasteiger partial charge in [0, 0.05) is 34.6 Å². The highest BCUT2D eigenvalue weighted by Crippen LogP contribution is 2.32. The first-order valence-corrected chi connectivity index (χ1v) is 10.8. The van der Waals surface area contributed by atoms with E-state index < -0.39 is 11.9 Å². The largest absolute Gasteiger partial charge is 0.496 e. The molecule has 0 aromatic heterocycles. The third kappa shape index (κ3) is 4.23. The quantitative estimate of drug-likeness (QED) is 0.477. The lowest BCUT2D eigenvalue weighted by Crippen LogP contribution is -2.36. The van der Waals surface area contributed by atoms with Crippen LogP contribution in [0.5, 0.6) is 5.75 Å². The van der Waals surface area contributed by atoms with Crippen LogP contribution in [0.25, 0.3) is 0 Å². The monoisotopic (exact) mass is 470 g/mol. The van der Waals surface area contributed by atoms with Crippen molar-refractivity contribution < 1.29 is 13.9 Å². The molecule has 0 N–H and O–H groups in total. The molecule has 0 fully saturated rings. The van der Waals surface area contributed by atoms with Crippen molar-refractivity contribution in [1.29, 1.82) is 0 Å². The Kier molecular flexibility index (Phi) is 6.22. The van der Waals surface area contributed by atoms with Crippen LogP contribution in [0.2, 0.25) is 10.0 Å². The molecule has 1 aliphatic heterocycles. The van der Waals surface area contributed by atoms with Crippen LogP contribution in [0.15, 0.2) is 59.6 Å². The van der Waals surface area contributed by atoms with Crippen LogP contribution in [0.3, 0.4) is 0 Å². The van der Waals surface area contributed by atoms with Crippen molar-refractivity contribution in [2.75, 3.05) is 19.1 Å². The highest BCUT2D eigenvalue weighted by atomic mass is 35.5. The lowest BCUT2D eigenvalue weighted by atomic mass is 9.98. The fraction of sp³-hybridized carbons (Fsp3) is 0.200. The van der Waals surface area contributed by atoms with Crippen molar-refractivity contribution >= 4 is 40.5 Å². The number of benzene rings is 3. The van der Waals surface area contributed by atoms with Crippen LogP contribution in [-0.4, -0.2) is 31.8 Å². The number of aliphatic imine (C=N–C) groups is 1. The van der Waals surface area contributed by atoms with E-state index in [2.05, 4.69) is 0 Å². The van der Waals surface area contributed by atoms with E-state index in [9.17, 15) is 9.18 Å². The van der Waals surface area contributed by atoms with Crippen molar-refractivity contribution in [3.05, 3.63) is 92.7 Å². The molecule has 1 aliphatic rings. The molecule has 0 spiro atoms. The van der Waals surface area contributed by atoms with E-state index >= 15 is 0 Å². The Morgan fingerprint density at radius 1 is 1.09 bits per heavy atom. The number of likely N-dealkylation sites (N-methyl/N-ethyl adjacent to an activating group) is 1. The predicted molar refractivity (Wildman–Crippen MR) is 127 cm³/mol. The second-order valence-electron chi connectivity index (χ2n) is 7.68. The topological polar surface area (TPSA) is 41.9 Å². The number of fused-ring (bicyclic) bond motifs is 1. The number of rotatable bonds is 4. The van der Waals surface area contributed by atoms with E-state index in [1.807, 2.05) is 37.3 Å². The van der Waals surface area contributed by atoms with Gasteiger partial charge in [0.2, 0.25) is 0 Å². The number of benzodiazepines with no additional fused rings is 1. The number of carbonyl (C=O) groups excluding carboxylic acids is 1. The molecule has 1 heterocycles. The zero-order valence-electron chi connectivity index (χ0n) is 17.8. The molecule has 3 aromatic rings. The summed E-state index contributed by atoms with van der Waals surface area (Å²) in [4.78, 5) is 19.8. The second-order valence-corrected chi connectivity index (χ2v) is 8.52. The molecule has 0 radical (unpaired) electrons. The fourth-order valence-electron chi connectivity index (χ4n) is 3.90. The standard InChI is InChI=1S/C25H21Cl2FN2O2/c1-14-10-16(5-9-23(14)32-3)24-19-12-17(26)6-8-22(19)30(2)25(31)21(29-24)11-15-4-7-18(28)13-20(15)27/h4-10,12-13,21H,11H2,1-3H3. The summed E-state index contributed by atoms with van der Waals surface area (Å²) in [6.45, 7) is 1.95. The molecule has 0 saturated carbocycles. The number of carbonyl (C=O) groups is 1. The maximum Gasteiger partial charge on any atom is 0.251 e. The average molecular weight is 471 g/mol. The molecule has 1 atom stereocenters. The summed E-state index contributed by atoms with van der Waals surface area (Å²) in [6.07, 6.45) is 0.239. The zero-order valence-corrected chi connectivity index (χ0v) is 19.3. The maximum atomic E-state index is 13.5. The number of ether oxygens (including phenoxy) is 1. The number of hydrogen-bond donors (Lipinski definition) is 0. The van der Waals surface area contributed by atoms with E-state index in [-0.39, 0.29) is 17.4 Å². The van der Waals surface area contributed by atoms with Crippen LogP contribution in [0.1, 0.15) is 22.3 Å². The van der Waals surface area contributed by atoms with Crippen LogP contribution in [0.4, 0.5) is 10.1 Å². The van der Waals surface area contributed by atoms with E-state index in [0.717, 1.165) is 22.4 Å². The molecule has 3 aromatic carbocycles. The van der Waals surface area contributed by atoms with E-state index in [0.29, 0.717) is 22.0 Å². The van der Waals surface area contributed by atoms with Crippen LogP contribution >= 0.6 is 23.2 Å². The van der Waals surface area contributed by atoms with Gasteiger partial charge < -0.3 is 9.64 Å². The van der Waals surface area contributed by atoms with Gasteiger partial charge in [-0.2, -0.15) is 0 Å². The minimum absolute atomic E-state index is 0.186. The number of halogens is 3. The first-order valence-electron chi connectivity index (χ1n) is 10.0. The van der Waals surface area contributed by atoms with Crippen molar-refractivity contribution in [2.24, 2.45) is 4.99 Å². The first kappa shape index (κ1) is 22.3. The summed E-state index contributed by atoms with van der Waals surface area (Å²) in [7, 11) is 3.34. The molecule has 0 aliphatic carbocycles. The van der Waals surface area contributed by atoms with Gasteiger partial charge in [0.05, 0.1) is 18.5 Å². The molecule has 4 nitrogen and oxygen atoms in total. The first-order chi connectivity index (χ1) is 15.3. The van der Waals surface area contributed by atoms with E-state index in [4.69, 9.17) is 32.9 Å². The van der Waals surface area contributed by atoms with Gasteiger partial charge in [-0.25, -0.2) is 4.39 Å². The van der Waals surface area contributed by atoms with Crippen molar-refractivity contribution in [2.45, 2.75) is 19.4 Å². The highest BCUT2D eigenvalue weighted by molar-refractivity contribution is 6.32. The third-order valence-corrected chi connectivity index (χ3v) is 6.16. The number of methoxy groups -OCH3 is 1. The fourth-order valence-corrected chi connectivity index (χ4v) is 4.31. The lowest BCUT2D eigenvalue weighted by Gasteiger charge is -2.21. The summed E-state index contributed by atoms with van der Waals surface area (Å²) in [5.74, 6) is 0.148. The Balaban J connectivity index is 1.88. The van der Waals surface area contributed by atoms with Crippen LogP contribution in [-0.2, 0) is 11.2 Å². The average Bonchev–Trinajstić information content (AvgIpc) is 2.86. The maximum absolute atomic E-state index is 13.5. The molecular formula is C25H21Cl2FN2O2. The number of hydrogen-bond acceptors (Lipinski definition) is 3. The Labute approximate surface area is 196 Å². The summed E-state index contributed by atoms with van der Waals surface area (Å²) in [6, 6.07) is 14.6. The van der Waals surface area contributed by atoms with Gasteiger partial charge in [0.15, 0.2) is 0 Å². The second kappa shape index (κ2) is 8.93. The summed E-state index contributed by atoms with van der Waals surface area (Å²) >= 11 is 12.6. The minimum atomic E-state index is -0.744. The number of nitrogens with zero attached hydrogens (tertiary/aromatic N) is 2. The molecule has 0 bridgehead atoms. The Morgan fingerprint density at radius 3 is 2.56 bits per heavy atom. The molecule has 0 saturated heterocycles. The summed E-state index contributed by atoms with van der Waals surface area (Å²) in [5.41, 5.74) is 4.54. The Bertz CT molecular complexity index is 1240. The number of aryl methyl sites for hydroxylation is 1. The van der Waals surface area contributed by atoms with Crippen molar-refractivity contribution in [3.63, 3.8) is 0 Å². The van der Waals surface area contributed by atoms with Gasteiger partial charge in [-0.1, -0.05) is 29.3 Å². The number of anilines is 1. The molecule has 7 heteroatoms. The molecular weight excluding hydrogens is 450 g/mol. The van der Waals surface area contributed by atoms with Gasteiger partial charge in [-0.3, -0.25) is 9.79 Å². The summed E-state index contributed by atoms with van der Waals surface area (Å²) < 4.78 is 18.9. The van der Waals surface area contributed by atoms with Crippen LogP contribution in [0, 0.1) is 12.7 Å². The molecule has 1 amide bonds. The highest BCUT2D eigenvalue weighted by Gasteiger charge is 2.31. The Morgan fingerprint density at radius 2 is 1.88 bits per heavy atom. The predicted octanol–water partition coefficient (Wildman–Crippen LogP) is 5.87. The van der Waals surface area contributed by atoms with Gasteiger partial charge >= 0.3 is 0 Å². The van der Waals surface area contributed by atoms with Gasteiger partial charge in [0.25, 0.3) is 5.91 Å². The Hall–Kier alpha value is -2.89.